The molecule has 5 heteroatoms. The summed E-state index contributed by atoms with van der Waals surface area (Å²) in [5.41, 5.74) is 1.97. The van der Waals surface area contributed by atoms with Gasteiger partial charge in [-0.25, -0.2) is 0 Å². The molecule has 2 aliphatic heterocycles. The molecule has 2 bridgehead atoms. The summed E-state index contributed by atoms with van der Waals surface area (Å²) in [6, 6.07) is 19.0. The minimum atomic E-state index is 0. The molecule has 2 unspecified atom stereocenters. The summed E-state index contributed by atoms with van der Waals surface area (Å²) < 4.78 is 5.78. The van der Waals surface area contributed by atoms with E-state index in [4.69, 9.17) is 4.74 Å². The van der Waals surface area contributed by atoms with Crippen LogP contribution in [0, 0.1) is 5.92 Å². The first-order chi connectivity index (χ1) is 12.7. The van der Waals surface area contributed by atoms with Crippen LogP contribution in [0.25, 0.3) is 0 Å². The Bertz CT molecular complexity index is 724. The van der Waals surface area contributed by atoms with Crippen LogP contribution in [0.4, 0.5) is 5.69 Å². The van der Waals surface area contributed by atoms with Crippen molar-refractivity contribution in [1.29, 1.82) is 0 Å². The zero-order chi connectivity index (χ0) is 17.8. The van der Waals surface area contributed by atoms with Crippen molar-refractivity contribution in [3.05, 3.63) is 60.2 Å². The van der Waals surface area contributed by atoms with Gasteiger partial charge < -0.3 is 15.4 Å². The summed E-state index contributed by atoms with van der Waals surface area (Å²) >= 11 is 0. The van der Waals surface area contributed by atoms with E-state index in [1.807, 2.05) is 54.6 Å². The molecule has 0 radical (unpaired) electrons. The number of nitrogens with one attached hydrogen (secondary N) is 2. The van der Waals surface area contributed by atoms with Gasteiger partial charge in [0.05, 0.1) is 0 Å². The summed E-state index contributed by atoms with van der Waals surface area (Å²) in [5.74, 6) is 1.44. The molecular formula is C22H27ClN2O2. The molecule has 2 heterocycles. The van der Waals surface area contributed by atoms with Crippen LogP contribution in [0.2, 0.25) is 0 Å². The van der Waals surface area contributed by atoms with Gasteiger partial charge in [-0.2, -0.15) is 0 Å². The summed E-state index contributed by atoms with van der Waals surface area (Å²) in [4.78, 5) is 12.3. The van der Waals surface area contributed by atoms with E-state index in [0.717, 1.165) is 29.8 Å². The van der Waals surface area contributed by atoms with E-state index < -0.39 is 0 Å². The van der Waals surface area contributed by atoms with Crippen LogP contribution in [0.1, 0.15) is 37.7 Å². The van der Waals surface area contributed by atoms with Gasteiger partial charge in [0.15, 0.2) is 0 Å². The Morgan fingerprint density at radius 1 is 1.00 bits per heavy atom. The number of carbonyl (C=O) groups excluding carboxylic acids is 1. The number of hydrogen-bond acceptors (Lipinski definition) is 3. The first kappa shape index (κ1) is 19.7. The fourth-order valence-electron chi connectivity index (χ4n) is 4.19. The number of amides is 1. The lowest BCUT2D eigenvalue weighted by Crippen LogP contribution is -2.39. The van der Waals surface area contributed by atoms with Crippen molar-refractivity contribution >= 4 is 24.0 Å². The molecule has 2 N–H and O–H groups in total. The Kier molecular flexibility index (Phi) is 6.75. The molecule has 0 aromatic heterocycles. The molecular weight excluding hydrogens is 360 g/mol. The van der Waals surface area contributed by atoms with E-state index in [0.29, 0.717) is 31.0 Å². The molecule has 4 rings (SSSR count). The highest BCUT2D eigenvalue weighted by atomic mass is 35.5. The summed E-state index contributed by atoms with van der Waals surface area (Å²) in [5, 5.41) is 6.65. The minimum absolute atomic E-state index is 0. The van der Waals surface area contributed by atoms with Crippen molar-refractivity contribution in [2.24, 2.45) is 5.92 Å². The second kappa shape index (κ2) is 9.25. The van der Waals surface area contributed by atoms with Crippen molar-refractivity contribution < 1.29 is 9.53 Å². The predicted octanol–water partition coefficient (Wildman–Crippen LogP) is 4.55. The van der Waals surface area contributed by atoms with Crippen LogP contribution in [-0.2, 0) is 11.4 Å². The van der Waals surface area contributed by atoms with Crippen LogP contribution < -0.4 is 15.4 Å². The number of carbonyl (C=O) groups is 1. The van der Waals surface area contributed by atoms with Crippen LogP contribution in [0.5, 0.6) is 5.75 Å². The number of fused-ring (bicyclic) bond motifs is 2. The highest BCUT2D eigenvalue weighted by molar-refractivity contribution is 5.90. The molecule has 0 spiro atoms. The smallest absolute Gasteiger partial charge is 0.224 e. The molecule has 27 heavy (non-hydrogen) atoms. The van der Waals surface area contributed by atoms with Gasteiger partial charge in [0.25, 0.3) is 0 Å². The van der Waals surface area contributed by atoms with Crippen molar-refractivity contribution in [3.8, 4) is 5.75 Å². The van der Waals surface area contributed by atoms with Gasteiger partial charge in [-0.3, -0.25) is 4.79 Å². The lowest BCUT2D eigenvalue weighted by molar-refractivity contribution is -0.117. The fourth-order valence-corrected chi connectivity index (χ4v) is 4.19. The largest absolute Gasteiger partial charge is 0.489 e. The Morgan fingerprint density at radius 3 is 2.33 bits per heavy atom. The lowest BCUT2D eigenvalue weighted by Gasteiger charge is -2.28. The summed E-state index contributed by atoms with van der Waals surface area (Å²) in [6.45, 7) is 0.546. The Balaban J connectivity index is 0.00000210. The first-order valence-electron chi connectivity index (χ1n) is 9.57. The number of ether oxygens (including phenoxy) is 1. The van der Waals surface area contributed by atoms with Crippen molar-refractivity contribution in [2.45, 2.75) is 50.8 Å². The highest BCUT2D eigenvalue weighted by Gasteiger charge is 2.34. The lowest BCUT2D eigenvalue weighted by atomic mass is 9.89. The quantitative estimate of drug-likeness (QED) is 0.765. The van der Waals surface area contributed by atoms with E-state index in [1.54, 1.807) is 0 Å². The van der Waals surface area contributed by atoms with E-state index in [1.165, 1.54) is 12.8 Å². The molecule has 0 aliphatic carbocycles. The van der Waals surface area contributed by atoms with Crippen LogP contribution in [0.3, 0.4) is 0 Å². The maximum absolute atomic E-state index is 12.3. The third-order valence-electron chi connectivity index (χ3n) is 5.43. The van der Waals surface area contributed by atoms with Crippen LogP contribution in [-0.4, -0.2) is 18.0 Å². The Morgan fingerprint density at radius 2 is 1.67 bits per heavy atom. The minimum Gasteiger partial charge on any atom is -0.489 e. The van der Waals surface area contributed by atoms with Gasteiger partial charge in [-0.1, -0.05) is 30.3 Å². The zero-order valence-corrected chi connectivity index (χ0v) is 16.2. The molecule has 2 aromatic carbocycles. The Hall–Kier alpha value is -2.04. The average molecular weight is 387 g/mol. The van der Waals surface area contributed by atoms with Gasteiger partial charge in [-0.15, -0.1) is 12.4 Å². The number of hydrogen-bond donors (Lipinski definition) is 2. The van der Waals surface area contributed by atoms with Crippen LogP contribution in [0.15, 0.2) is 54.6 Å². The molecule has 2 saturated heterocycles. The Labute approximate surface area is 167 Å². The summed E-state index contributed by atoms with van der Waals surface area (Å²) in [6.07, 6.45) is 5.44. The van der Waals surface area contributed by atoms with E-state index in [-0.39, 0.29) is 18.3 Å². The van der Waals surface area contributed by atoms with E-state index in [2.05, 4.69) is 10.6 Å². The topological polar surface area (TPSA) is 50.4 Å². The molecule has 2 aromatic rings. The number of halogens is 1. The maximum Gasteiger partial charge on any atom is 0.224 e. The normalized spacial score (nSPS) is 23.3. The number of rotatable bonds is 6. The SMILES string of the molecule is Cl.O=C(CC1CC2CCC(C1)N2)Nc1ccc(OCc2ccccc2)cc1. The zero-order valence-electron chi connectivity index (χ0n) is 15.4. The number of anilines is 1. The summed E-state index contributed by atoms with van der Waals surface area (Å²) in [7, 11) is 0. The van der Waals surface area contributed by atoms with Gasteiger partial charge in [0.2, 0.25) is 5.91 Å². The third kappa shape index (κ3) is 5.47. The second-order valence-electron chi connectivity index (χ2n) is 7.53. The maximum atomic E-state index is 12.3. The first-order valence-corrected chi connectivity index (χ1v) is 9.57. The average Bonchev–Trinajstić information content (AvgIpc) is 3.00. The van der Waals surface area contributed by atoms with Gasteiger partial charge >= 0.3 is 0 Å². The number of piperidine rings is 1. The third-order valence-corrected chi connectivity index (χ3v) is 5.43. The molecule has 2 aliphatic rings. The van der Waals surface area contributed by atoms with Crippen molar-refractivity contribution in [2.75, 3.05) is 5.32 Å². The van der Waals surface area contributed by atoms with E-state index >= 15 is 0 Å². The van der Waals surface area contributed by atoms with Gasteiger partial charge in [0.1, 0.15) is 12.4 Å². The highest BCUT2D eigenvalue weighted by Crippen LogP contribution is 2.32. The van der Waals surface area contributed by atoms with Crippen molar-refractivity contribution in [3.63, 3.8) is 0 Å². The number of benzene rings is 2. The fraction of sp³-hybridized carbons (Fsp3) is 0.409. The molecule has 144 valence electrons. The second-order valence-corrected chi connectivity index (χ2v) is 7.53. The molecule has 0 saturated carbocycles. The molecule has 1 amide bonds. The van der Waals surface area contributed by atoms with Gasteiger partial charge in [0, 0.05) is 24.2 Å². The van der Waals surface area contributed by atoms with E-state index in [9.17, 15) is 4.79 Å². The van der Waals surface area contributed by atoms with Crippen LogP contribution >= 0.6 is 12.4 Å². The van der Waals surface area contributed by atoms with Crippen molar-refractivity contribution in [1.82, 2.24) is 5.32 Å². The molecule has 2 fully saturated rings. The predicted molar refractivity (Wildman–Crippen MR) is 110 cm³/mol. The standard InChI is InChI=1S/C22H26N2O2.ClH/c25-22(14-17-12-19-6-7-20(13-17)23-19)24-18-8-10-21(11-9-18)26-15-16-4-2-1-3-5-16;/h1-5,8-11,17,19-20,23H,6-7,12-15H2,(H,24,25);1H. The molecule has 4 nitrogen and oxygen atoms in total. The van der Waals surface area contributed by atoms with Gasteiger partial charge in [-0.05, 0) is 61.4 Å². The monoisotopic (exact) mass is 386 g/mol. The molecule has 2 atom stereocenters.